The highest BCUT2D eigenvalue weighted by molar-refractivity contribution is 7.47. The molecule has 0 aromatic heterocycles. The van der Waals surface area contributed by atoms with Crippen LogP contribution in [0.4, 0.5) is 0 Å². The van der Waals surface area contributed by atoms with E-state index in [2.05, 4.69) is 13.8 Å². The number of esters is 2. The number of phosphoric acid groups is 1. The van der Waals surface area contributed by atoms with Gasteiger partial charge in [-0.25, -0.2) is 4.57 Å². The van der Waals surface area contributed by atoms with Crippen molar-refractivity contribution in [2.24, 2.45) is 5.73 Å². The number of phosphoric ester groups is 1. The first-order valence-electron chi connectivity index (χ1n) is 22.5. The van der Waals surface area contributed by atoms with E-state index in [0.717, 1.165) is 32.1 Å². The second kappa shape index (κ2) is 40.7. The summed E-state index contributed by atoms with van der Waals surface area (Å²) >= 11 is 0. The van der Waals surface area contributed by atoms with Crippen LogP contribution < -0.4 is 5.73 Å². The van der Waals surface area contributed by atoms with Gasteiger partial charge in [-0.15, -0.1) is 0 Å². The molecule has 0 saturated carbocycles. The molecule has 1 unspecified atom stereocenters. The first-order valence-corrected chi connectivity index (χ1v) is 24.0. The van der Waals surface area contributed by atoms with E-state index < -0.39 is 26.5 Å². The average Bonchev–Trinajstić information content (AvgIpc) is 3.14. The largest absolute Gasteiger partial charge is 0.472 e. The summed E-state index contributed by atoms with van der Waals surface area (Å²) in [5, 5.41) is 0. The highest BCUT2D eigenvalue weighted by Crippen LogP contribution is 2.43. The van der Waals surface area contributed by atoms with Gasteiger partial charge in [0.2, 0.25) is 0 Å². The van der Waals surface area contributed by atoms with Gasteiger partial charge in [0.15, 0.2) is 6.10 Å². The van der Waals surface area contributed by atoms with Crippen LogP contribution >= 0.6 is 7.82 Å². The Kier molecular flexibility index (Phi) is 39.9. The molecule has 0 aliphatic heterocycles. The van der Waals surface area contributed by atoms with E-state index in [1.165, 1.54) is 167 Å². The number of unbranched alkanes of at least 4 members (excludes halogenated alkanes) is 30. The second-order valence-corrected chi connectivity index (χ2v) is 16.7. The minimum Gasteiger partial charge on any atom is -0.462 e. The number of nitrogens with two attached hydrogens (primary N) is 1. The summed E-state index contributed by atoms with van der Waals surface area (Å²) in [6.07, 6.45) is 40.0. The van der Waals surface area contributed by atoms with Gasteiger partial charge in [0.1, 0.15) is 6.61 Å². The SMILES string of the molecule is CCCCCCCCCCCCCCCCCCCCCCCCC(=O)OC[C@H](COP(=O)(O)OCCN)OC(=O)CCCCCCCCCCCC. The Balaban J connectivity index is 3.95. The minimum absolute atomic E-state index is 0.0579. The lowest BCUT2D eigenvalue weighted by molar-refractivity contribution is -0.161. The first kappa shape index (κ1) is 52.0. The zero-order chi connectivity index (χ0) is 38.9. The lowest BCUT2D eigenvalue weighted by atomic mass is 10.0. The lowest BCUT2D eigenvalue weighted by Crippen LogP contribution is -2.29. The molecule has 0 aliphatic carbocycles. The van der Waals surface area contributed by atoms with Crippen molar-refractivity contribution in [1.82, 2.24) is 0 Å². The van der Waals surface area contributed by atoms with Crippen molar-refractivity contribution in [3.63, 3.8) is 0 Å². The molecule has 0 aromatic carbocycles. The quantitative estimate of drug-likeness (QED) is 0.0352. The molecule has 0 spiro atoms. The highest BCUT2D eigenvalue weighted by Gasteiger charge is 2.26. The summed E-state index contributed by atoms with van der Waals surface area (Å²) < 4.78 is 32.7. The normalized spacial score (nSPS) is 13.2. The van der Waals surface area contributed by atoms with Gasteiger partial charge in [0.25, 0.3) is 0 Å². The zero-order valence-corrected chi connectivity index (χ0v) is 35.7. The fraction of sp³-hybridized carbons (Fsp3) is 0.953. The first-order chi connectivity index (χ1) is 25.8. The summed E-state index contributed by atoms with van der Waals surface area (Å²) in [6, 6.07) is 0. The fourth-order valence-electron chi connectivity index (χ4n) is 6.64. The molecule has 2 atom stereocenters. The van der Waals surface area contributed by atoms with Crippen LogP contribution in [0.25, 0.3) is 0 Å². The number of ether oxygens (including phenoxy) is 2. The Hall–Kier alpha value is -0.990. The number of carbonyl (C=O) groups is 2. The fourth-order valence-corrected chi connectivity index (χ4v) is 7.40. The third-order valence-corrected chi connectivity index (χ3v) is 11.0. The van der Waals surface area contributed by atoms with Crippen LogP contribution in [0.15, 0.2) is 0 Å². The molecule has 10 heteroatoms. The molecule has 0 saturated heterocycles. The van der Waals surface area contributed by atoms with E-state index in [1.54, 1.807) is 0 Å². The van der Waals surface area contributed by atoms with E-state index >= 15 is 0 Å². The van der Waals surface area contributed by atoms with Crippen LogP contribution in [0.1, 0.15) is 232 Å². The van der Waals surface area contributed by atoms with Crippen molar-refractivity contribution in [3.8, 4) is 0 Å². The van der Waals surface area contributed by atoms with Gasteiger partial charge in [-0.3, -0.25) is 18.6 Å². The topological polar surface area (TPSA) is 134 Å². The lowest BCUT2D eigenvalue weighted by Gasteiger charge is -2.19. The third kappa shape index (κ3) is 40.5. The minimum atomic E-state index is -4.36. The van der Waals surface area contributed by atoms with Gasteiger partial charge in [0.05, 0.1) is 13.2 Å². The molecule has 0 aliphatic rings. The predicted molar refractivity (Wildman–Crippen MR) is 220 cm³/mol. The van der Waals surface area contributed by atoms with Gasteiger partial charge in [0, 0.05) is 19.4 Å². The second-order valence-electron chi connectivity index (χ2n) is 15.3. The Morgan fingerprint density at radius 1 is 0.491 bits per heavy atom. The molecule has 0 amide bonds. The predicted octanol–water partition coefficient (Wildman–Crippen LogP) is 12.8. The van der Waals surface area contributed by atoms with Crippen LogP contribution in [0.2, 0.25) is 0 Å². The maximum Gasteiger partial charge on any atom is 0.472 e. The Labute approximate surface area is 327 Å². The molecule has 0 radical (unpaired) electrons. The molecular weight excluding hydrogens is 689 g/mol. The number of hydrogen-bond donors (Lipinski definition) is 2. The van der Waals surface area contributed by atoms with E-state index in [-0.39, 0.29) is 38.6 Å². The van der Waals surface area contributed by atoms with E-state index in [1.807, 2.05) is 0 Å². The van der Waals surface area contributed by atoms with Gasteiger partial charge < -0.3 is 20.1 Å². The molecule has 0 aromatic rings. The Morgan fingerprint density at radius 2 is 0.811 bits per heavy atom. The monoisotopic (exact) mass is 776 g/mol. The van der Waals surface area contributed by atoms with Gasteiger partial charge >= 0.3 is 19.8 Å². The number of carbonyl (C=O) groups excluding carboxylic acids is 2. The van der Waals surface area contributed by atoms with Crippen LogP contribution in [0, 0.1) is 0 Å². The van der Waals surface area contributed by atoms with Crippen molar-refractivity contribution in [2.75, 3.05) is 26.4 Å². The Morgan fingerprint density at radius 3 is 1.15 bits per heavy atom. The van der Waals surface area contributed by atoms with Gasteiger partial charge in [-0.1, -0.05) is 206 Å². The van der Waals surface area contributed by atoms with Gasteiger partial charge in [-0.05, 0) is 12.8 Å². The van der Waals surface area contributed by atoms with Gasteiger partial charge in [-0.2, -0.15) is 0 Å². The summed E-state index contributed by atoms with van der Waals surface area (Å²) in [5.74, 6) is -0.815. The third-order valence-electron chi connectivity index (χ3n) is 9.99. The van der Waals surface area contributed by atoms with Crippen molar-refractivity contribution >= 4 is 19.8 Å². The van der Waals surface area contributed by atoms with E-state index in [4.69, 9.17) is 24.3 Å². The molecule has 0 bridgehead atoms. The molecular formula is C43H86NO8P. The summed E-state index contributed by atoms with van der Waals surface area (Å²) in [4.78, 5) is 34.8. The van der Waals surface area contributed by atoms with Crippen molar-refractivity contribution in [2.45, 2.75) is 238 Å². The summed E-state index contributed by atoms with van der Waals surface area (Å²) in [7, 11) is -4.36. The molecule has 0 fully saturated rings. The van der Waals surface area contributed by atoms with Crippen molar-refractivity contribution in [3.05, 3.63) is 0 Å². The molecule has 9 nitrogen and oxygen atoms in total. The van der Waals surface area contributed by atoms with Crippen LogP contribution in [-0.2, 0) is 32.7 Å². The Bertz CT molecular complexity index is 845. The van der Waals surface area contributed by atoms with Crippen LogP contribution in [0.3, 0.4) is 0 Å². The standard InChI is InChI=1S/C43H86NO8P/c1-3-5-7-9-11-13-15-16-17-18-19-20-21-22-23-24-25-26-28-29-31-33-35-42(45)49-39-41(40-51-53(47,48)50-38-37-44)52-43(46)36-34-32-30-27-14-12-10-8-6-4-2/h41H,3-40,44H2,1-2H3,(H,47,48)/t41-/m1/s1. The maximum absolute atomic E-state index is 12.5. The molecule has 53 heavy (non-hydrogen) atoms. The average molecular weight is 776 g/mol. The van der Waals surface area contributed by atoms with Crippen molar-refractivity contribution < 1.29 is 37.6 Å². The molecule has 316 valence electrons. The van der Waals surface area contributed by atoms with E-state index in [0.29, 0.717) is 6.42 Å². The smallest absolute Gasteiger partial charge is 0.462 e. The summed E-state index contributed by atoms with van der Waals surface area (Å²) in [5.41, 5.74) is 5.34. The van der Waals surface area contributed by atoms with E-state index in [9.17, 15) is 19.0 Å². The number of hydrogen-bond acceptors (Lipinski definition) is 8. The molecule has 0 heterocycles. The molecule has 3 N–H and O–H groups in total. The zero-order valence-electron chi connectivity index (χ0n) is 34.8. The van der Waals surface area contributed by atoms with Crippen LogP contribution in [0.5, 0.6) is 0 Å². The molecule has 0 rings (SSSR count). The van der Waals surface area contributed by atoms with Crippen molar-refractivity contribution in [1.29, 1.82) is 0 Å². The van der Waals surface area contributed by atoms with Crippen LogP contribution in [-0.4, -0.2) is 49.3 Å². The highest BCUT2D eigenvalue weighted by atomic mass is 31.2. The summed E-state index contributed by atoms with van der Waals surface area (Å²) in [6.45, 7) is 3.76. The maximum atomic E-state index is 12.5. The number of rotatable bonds is 43.